The highest BCUT2D eigenvalue weighted by molar-refractivity contribution is 6.15. The smallest absolute Gasteiger partial charge is 0.159 e. The molecule has 0 N–H and O–H groups in total. The molecule has 0 spiro atoms. The number of hydrogen-bond acceptors (Lipinski definition) is 3. The fraction of sp³-hybridized carbons (Fsp3) is 0.0714. The molecular formula is C56H40N2O2. The molecule has 4 heteroatoms. The molecule has 3 heterocycles. The molecular weight excluding hydrogens is 733 g/mol. The molecule has 2 unspecified atom stereocenters. The molecule has 0 bridgehead atoms. The Bertz CT molecular complexity index is 3470. The summed E-state index contributed by atoms with van der Waals surface area (Å²) in [5.41, 5.74) is 17.3. The Morgan fingerprint density at radius 3 is 1.93 bits per heavy atom. The maximum Gasteiger partial charge on any atom is 0.159 e. The van der Waals surface area contributed by atoms with E-state index in [4.69, 9.17) is 13.8 Å². The topological polar surface area (TPSA) is 43.6 Å². The highest BCUT2D eigenvalue weighted by Crippen LogP contribution is 2.42. The summed E-state index contributed by atoms with van der Waals surface area (Å²) in [6, 6.07) is 63.7. The molecule has 0 fully saturated rings. The molecule has 286 valence electrons. The zero-order chi connectivity index (χ0) is 40.3. The zero-order valence-electron chi connectivity index (χ0n) is 33.4. The molecule has 0 aliphatic carbocycles. The van der Waals surface area contributed by atoms with Crippen LogP contribution < -0.4 is 0 Å². The number of rotatable bonds is 8. The Balaban J connectivity index is 0.987. The summed E-state index contributed by atoms with van der Waals surface area (Å²) in [5, 5.41) is 6.74. The first kappa shape index (κ1) is 35.5. The minimum absolute atomic E-state index is 0.0343. The van der Waals surface area contributed by atoms with Gasteiger partial charge in [-0.3, -0.25) is 4.99 Å². The SMILES string of the molecule is C=C=C(c1ccccc1)C(C)C(N=C(C)c1ccc2c(c1)oc1ccc(-c3cccc4c3oc3c(-n5c6ccccc6c6ccccc65)cccc34)cc12)c1ccccc1. The van der Waals surface area contributed by atoms with Crippen molar-refractivity contribution in [2.75, 3.05) is 0 Å². The molecule has 11 aromatic rings. The molecule has 3 aromatic heterocycles. The second kappa shape index (κ2) is 14.3. The summed E-state index contributed by atoms with van der Waals surface area (Å²) in [6.45, 7) is 8.38. The molecule has 60 heavy (non-hydrogen) atoms. The van der Waals surface area contributed by atoms with Crippen LogP contribution in [0.5, 0.6) is 0 Å². The van der Waals surface area contributed by atoms with Crippen LogP contribution in [0.25, 0.3) is 88.1 Å². The van der Waals surface area contributed by atoms with Gasteiger partial charge in [0.05, 0.1) is 22.8 Å². The van der Waals surface area contributed by atoms with Gasteiger partial charge in [0.25, 0.3) is 0 Å². The van der Waals surface area contributed by atoms with E-state index in [2.05, 4.69) is 201 Å². The van der Waals surface area contributed by atoms with Crippen LogP contribution in [0.15, 0.2) is 208 Å². The van der Waals surface area contributed by atoms with Crippen LogP contribution in [0, 0.1) is 5.92 Å². The Morgan fingerprint density at radius 1 is 0.550 bits per heavy atom. The molecule has 0 radical (unpaired) electrons. The summed E-state index contributed by atoms with van der Waals surface area (Å²) in [7, 11) is 0. The summed E-state index contributed by atoms with van der Waals surface area (Å²) in [4.78, 5) is 5.40. The number of fused-ring (bicyclic) bond motifs is 9. The van der Waals surface area contributed by atoms with Crippen molar-refractivity contribution >= 4 is 77.0 Å². The Kier molecular flexibility index (Phi) is 8.47. The maximum absolute atomic E-state index is 6.97. The lowest BCUT2D eigenvalue weighted by Crippen LogP contribution is -2.12. The molecule has 0 aliphatic heterocycles. The normalized spacial score (nSPS) is 13.1. The fourth-order valence-corrected chi connectivity index (χ4v) is 9.27. The summed E-state index contributed by atoms with van der Waals surface area (Å²) in [6.07, 6.45) is 0. The molecule has 4 nitrogen and oxygen atoms in total. The van der Waals surface area contributed by atoms with Gasteiger partial charge in [-0.25, -0.2) is 0 Å². The number of benzene rings is 8. The maximum atomic E-state index is 6.97. The van der Waals surface area contributed by atoms with E-state index in [1.54, 1.807) is 0 Å². The largest absolute Gasteiger partial charge is 0.456 e. The number of para-hydroxylation sites is 4. The summed E-state index contributed by atoms with van der Waals surface area (Å²) < 4.78 is 15.9. The third-order valence-electron chi connectivity index (χ3n) is 12.2. The van der Waals surface area contributed by atoms with Gasteiger partial charge in [-0.2, -0.15) is 0 Å². The van der Waals surface area contributed by atoms with Crippen molar-refractivity contribution in [2.24, 2.45) is 10.9 Å². The van der Waals surface area contributed by atoms with E-state index in [0.29, 0.717) is 0 Å². The quantitative estimate of drug-likeness (QED) is 0.114. The summed E-state index contributed by atoms with van der Waals surface area (Å²) >= 11 is 0. The van der Waals surface area contributed by atoms with Gasteiger partial charge >= 0.3 is 0 Å². The van der Waals surface area contributed by atoms with Gasteiger partial charge in [0.1, 0.15) is 16.7 Å². The average Bonchev–Trinajstić information content (AvgIpc) is 3.98. The van der Waals surface area contributed by atoms with Crippen molar-refractivity contribution in [1.82, 2.24) is 4.57 Å². The van der Waals surface area contributed by atoms with E-state index >= 15 is 0 Å². The van der Waals surface area contributed by atoms with E-state index in [9.17, 15) is 0 Å². The van der Waals surface area contributed by atoms with Crippen LogP contribution in [0.1, 0.15) is 36.6 Å². The van der Waals surface area contributed by atoms with Crippen LogP contribution in [0.3, 0.4) is 0 Å². The predicted octanol–water partition coefficient (Wildman–Crippen LogP) is 15.3. The van der Waals surface area contributed by atoms with E-state index in [1.807, 2.05) is 12.1 Å². The van der Waals surface area contributed by atoms with Crippen LogP contribution in [-0.2, 0) is 0 Å². The van der Waals surface area contributed by atoms with Crippen molar-refractivity contribution in [3.63, 3.8) is 0 Å². The molecule has 8 aromatic carbocycles. The van der Waals surface area contributed by atoms with E-state index in [0.717, 1.165) is 99.7 Å². The lowest BCUT2D eigenvalue weighted by Gasteiger charge is -2.24. The monoisotopic (exact) mass is 772 g/mol. The summed E-state index contributed by atoms with van der Waals surface area (Å²) in [5.74, 6) is 0.0343. The van der Waals surface area contributed by atoms with Crippen molar-refractivity contribution in [1.29, 1.82) is 0 Å². The van der Waals surface area contributed by atoms with Crippen molar-refractivity contribution < 1.29 is 8.83 Å². The second-order valence-electron chi connectivity index (χ2n) is 15.6. The van der Waals surface area contributed by atoms with Gasteiger partial charge in [0, 0.05) is 55.1 Å². The fourth-order valence-electron chi connectivity index (χ4n) is 9.27. The van der Waals surface area contributed by atoms with Gasteiger partial charge in [0.2, 0.25) is 0 Å². The predicted molar refractivity (Wildman–Crippen MR) is 250 cm³/mol. The zero-order valence-corrected chi connectivity index (χ0v) is 33.4. The van der Waals surface area contributed by atoms with Gasteiger partial charge in [0.15, 0.2) is 5.58 Å². The van der Waals surface area contributed by atoms with Crippen molar-refractivity contribution in [2.45, 2.75) is 19.9 Å². The lowest BCUT2D eigenvalue weighted by atomic mass is 9.85. The van der Waals surface area contributed by atoms with Gasteiger partial charge in [-0.1, -0.05) is 153 Å². The molecule has 0 saturated carbocycles. The number of furan rings is 2. The second-order valence-corrected chi connectivity index (χ2v) is 15.6. The number of nitrogens with zero attached hydrogens (tertiary/aromatic N) is 2. The first-order valence-electron chi connectivity index (χ1n) is 20.5. The van der Waals surface area contributed by atoms with Crippen LogP contribution in [-0.4, -0.2) is 10.3 Å². The van der Waals surface area contributed by atoms with Crippen LogP contribution >= 0.6 is 0 Å². The molecule has 11 rings (SSSR count). The van der Waals surface area contributed by atoms with Gasteiger partial charge < -0.3 is 13.4 Å². The Labute approximate surface area is 347 Å². The Morgan fingerprint density at radius 2 is 1.20 bits per heavy atom. The highest BCUT2D eigenvalue weighted by Gasteiger charge is 2.24. The van der Waals surface area contributed by atoms with E-state index < -0.39 is 0 Å². The van der Waals surface area contributed by atoms with E-state index in [-0.39, 0.29) is 12.0 Å². The number of aliphatic imine (C=N–C) groups is 1. The van der Waals surface area contributed by atoms with Gasteiger partial charge in [-0.15, -0.1) is 5.73 Å². The first-order valence-corrected chi connectivity index (χ1v) is 20.5. The standard InChI is InChI=1S/C56H40N2O2/c1-4-41(37-17-7-5-8-18-37)35(2)54(38-19-9-6-10-20-38)57-36(3)39-29-31-45-48-33-40(30-32-52(48)59-53(45)34-39)42-23-15-24-46-47-25-16-28-51(56(47)60-55(42)46)58-49-26-13-11-21-43(49)44-22-12-14-27-50(44)58/h5-35,54H,1H2,2-3H3. The molecule has 0 aliphatic rings. The highest BCUT2D eigenvalue weighted by atomic mass is 16.3. The number of hydrogen-bond donors (Lipinski definition) is 0. The van der Waals surface area contributed by atoms with Crippen molar-refractivity contribution in [3.05, 3.63) is 211 Å². The number of aromatic nitrogens is 1. The first-order chi connectivity index (χ1) is 29.6. The molecule has 0 saturated heterocycles. The van der Waals surface area contributed by atoms with Crippen LogP contribution in [0.4, 0.5) is 0 Å². The van der Waals surface area contributed by atoms with Crippen LogP contribution in [0.2, 0.25) is 0 Å². The minimum Gasteiger partial charge on any atom is -0.456 e. The average molecular weight is 773 g/mol. The minimum atomic E-state index is -0.136. The Hall–Kier alpha value is -7.65. The molecule has 2 atom stereocenters. The van der Waals surface area contributed by atoms with Crippen molar-refractivity contribution in [3.8, 4) is 16.8 Å². The molecule has 0 amide bonds. The van der Waals surface area contributed by atoms with E-state index in [1.165, 1.54) is 10.8 Å². The van der Waals surface area contributed by atoms with Gasteiger partial charge in [-0.05, 0) is 71.6 Å². The third kappa shape index (κ3) is 5.73. The lowest BCUT2D eigenvalue weighted by molar-refractivity contribution is 0.584. The third-order valence-corrected chi connectivity index (χ3v) is 12.2.